The van der Waals surface area contributed by atoms with Gasteiger partial charge in [-0.1, -0.05) is 37.3 Å². The topological polar surface area (TPSA) is 38.0 Å². The average Bonchev–Trinajstić information content (AvgIpc) is 2.18. The lowest BCUT2D eigenvalue weighted by Gasteiger charge is -2.21. The zero-order chi connectivity index (χ0) is 10.4. The Morgan fingerprint density at radius 2 is 1.93 bits per heavy atom. The van der Waals surface area contributed by atoms with Gasteiger partial charge >= 0.3 is 0 Å². The molecule has 1 rings (SSSR count). The maximum atomic E-state index is 5.91. The van der Waals surface area contributed by atoms with Gasteiger partial charge in [0.25, 0.3) is 0 Å². The first-order valence-electron chi connectivity index (χ1n) is 5.27. The van der Waals surface area contributed by atoms with Gasteiger partial charge in [0.15, 0.2) is 0 Å². The number of benzene rings is 1. The number of hydrogen-bond donors (Lipinski definition) is 2. The predicted molar refractivity (Wildman–Crippen MR) is 61.3 cm³/mol. The van der Waals surface area contributed by atoms with Crippen LogP contribution in [0.3, 0.4) is 0 Å². The van der Waals surface area contributed by atoms with E-state index in [1.54, 1.807) is 0 Å². The van der Waals surface area contributed by atoms with Crippen molar-refractivity contribution in [1.29, 1.82) is 0 Å². The lowest BCUT2D eigenvalue weighted by molar-refractivity contribution is 0.456. The molecule has 2 atom stereocenters. The smallest absolute Gasteiger partial charge is 0.0256 e. The molecule has 0 heterocycles. The number of likely N-dealkylation sites (N-methyl/N-ethyl adjacent to an activating group) is 1. The zero-order valence-electron chi connectivity index (χ0n) is 9.03. The summed E-state index contributed by atoms with van der Waals surface area (Å²) < 4.78 is 0. The highest BCUT2D eigenvalue weighted by atomic mass is 14.9. The lowest BCUT2D eigenvalue weighted by Crippen LogP contribution is -2.44. The van der Waals surface area contributed by atoms with E-state index in [1.165, 1.54) is 5.56 Å². The summed E-state index contributed by atoms with van der Waals surface area (Å²) in [6.07, 6.45) is 1.01. The molecule has 0 aliphatic carbocycles. The largest absolute Gasteiger partial charge is 0.327 e. The lowest BCUT2D eigenvalue weighted by atomic mass is 10.0. The van der Waals surface area contributed by atoms with Crippen molar-refractivity contribution < 1.29 is 0 Å². The molecule has 0 saturated heterocycles. The minimum absolute atomic E-state index is 0.190. The molecule has 0 bridgehead atoms. The molecule has 0 amide bonds. The van der Waals surface area contributed by atoms with Crippen molar-refractivity contribution in [3.8, 4) is 0 Å². The van der Waals surface area contributed by atoms with Crippen LogP contribution >= 0.6 is 0 Å². The third kappa shape index (κ3) is 3.48. The molecule has 2 unspecified atom stereocenters. The molecule has 78 valence electrons. The maximum Gasteiger partial charge on any atom is 0.0256 e. The van der Waals surface area contributed by atoms with E-state index < -0.39 is 0 Å². The van der Waals surface area contributed by atoms with E-state index in [9.17, 15) is 0 Å². The number of hydrogen-bond acceptors (Lipinski definition) is 2. The van der Waals surface area contributed by atoms with E-state index >= 15 is 0 Å². The summed E-state index contributed by atoms with van der Waals surface area (Å²) in [5, 5.41) is 3.41. The maximum absolute atomic E-state index is 5.91. The van der Waals surface area contributed by atoms with Crippen molar-refractivity contribution in [3.05, 3.63) is 35.9 Å². The monoisotopic (exact) mass is 192 g/mol. The van der Waals surface area contributed by atoms with E-state index in [4.69, 9.17) is 5.73 Å². The van der Waals surface area contributed by atoms with Gasteiger partial charge in [-0.3, -0.25) is 0 Å². The summed E-state index contributed by atoms with van der Waals surface area (Å²) in [7, 11) is 0. The fourth-order valence-electron chi connectivity index (χ4n) is 1.57. The third-order valence-electron chi connectivity index (χ3n) is 2.40. The minimum atomic E-state index is 0.190. The second-order valence-electron chi connectivity index (χ2n) is 3.71. The van der Waals surface area contributed by atoms with E-state index in [2.05, 4.69) is 43.4 Å². The highest BCUT2D eigenvalue weighted by Crippen LogP contribution is 2.04. The fraction of sp³-hybridized carbons (Fsp3) is 0.500. The number of nitrogens with two attached hydrogens (primary N) is 1. The van der Waals surface area contributed by atoms with Crippen LogP contribution in [0, 0.1) is 0 Å². The second-order valence-corrected chi connectivity index (χ2v) is 3.71. The van der Waals surface area contributed by atoms with Crippen LogP contribution in [-0.2, 0) is 6.42 Å². The van der Waals surface area contributed by atoms with Gasteiger partial charge in [0.05, 0.1) is 0 Å². The first kappa shape index (κ1) is 11.2. The Morgan fingerprint density at radius 3 is 2.43 bits per heavy atom. The van der Waals surface area contributed by atoms with Crippen molar-refractivity contribution in [3.63, 3.8) is 0 Å². The standard InChI is InChI=1S/C12H20N2/c1-3-14-12(10(2)13)9-11-7-5-4-6-8-11/h4-8,10,12,14H,3,9,13H2,1-2H3. The van der Waals surface area contributed by atoms with Crippen molar-refractivity contribution in [2.75, 3.05) is 6.54 Å². The summed E-state index contributed by atoms with van der Waals surface area (Å²) in [6.45, 7) is 5.13. The summed E-state index contributed by atoms with van der Waals surface area (Å²) in [5.74, 6) is 0. The zero-order valence-corrected chi connectivity index (χ0v) is 9.03. The summed E-state index contributed by atoms with van der Waals surface area (Å²) in [5.41, 5.74) is 7.25. The van der Waals surface area contributed by atoms with Crippen LogP contribution in [0.15, 0.2) is 30.3 Å². The van der Waals surface area contributed by atoms with E-state index in [0.717, 1.165) is 13.0 Å². The van der Waals surface area contributed by atoms with Crippen LogP contribution in [0.4, 0.5) is 0 Å². The number of rotatable bonds is 5. The summed E-state index contributed by atoms with van der Waals surface area (Å²) in [6, 6.07) is 11.0. The van der Waals surface area contributed by atoms with Gasteiger partial charge in [0, 0.05) is 12.1 Å². The first-order chi connectivity index (χ1) is 6.74. The van der Waals surface area contributed by atoms with E-state index in [0.29, 0.717) is 6.04 Å². The molecule has 1 aromatic rings. The Labute approximate surface area is 86.5 Å². The molecule has 14 heavy (non-hydrogen) atoms. The van der Waals surface area contributed by atoms with Crippen LogP contribution in [0.25, 0.3) is 0 Å². The van der Waals surface area contributed by atoms with Crippen molar-refractivity contribution >= 4 is 0 Å². The molecule has 0 radical (unpaired) electrons. The molecular weight excluding hydrogens is 172 g/mol. The first-order valence-corrected chi connectivity index (χ1v) is 5.27. The van der Waals surface area contributed by atoms with Gasteiger partial charge in [0.2, 0.25) is 0 Å². The van der Waals surface area contributed by atoms with Gasteiger partial charge < -0.3 is 11.1 Å². The molecule has 0 fully saturated rings. The predicted octanol–water partition coefficient (Wildman–Crippen LogP) is 1.55. The van der Waals surface area contributed by atoms with Gasteiger partial charge in [-0.25, -0.2) is 0 Å². The number of nitrogens with one attached hydrogen (secondary N) is 1. The normalized spacial score (nSPS) is 15.1. The van der Waals surface area contributed by atoms with Crippen molar-refractivity contribution in [1.82, 2.24) is 5.32 Å². The van der Waals surface area contributed by atoms with Gasteiger partial charge in [-0.2, -0.15) is 0 Å². The molecule has 1 aromatic carbocycles. The average molecular weight is 192 g/mol. The second kappa shape index (κ2) is 5.78. The Kier molecular flexibility index (Phi) is 4.63. The molecule has 3 N–H and O–H groups in total. The molecule has 2 heteroatoms. The van der Waals surface area contributed by atoms with Crippen LogP contribution < -0.4 is 11.1 Å². The van der Waals surface area contributed by atoms with E-state index in [-0.39, 0.29) is 6.04 Å². The van der Waals surface area contributed by atoms with Crippen LogP contribution in [0.5, 0.6) is 0 Å². The Balaban J connectivity index is 2.55. The van der Waals surface area contributed by atoms with Gasteiger partial charge in [0.1, 0.15) is 0 Å². The SMILES string of the molecule is CCNC(Cc1ccccc1)C(C)N. The van der Waals surface area contributed by atoms with Crippen LogP contribution in [0.1, 0.15) is 19.4 Å². The molecule has 2 nitrogen and oxygen atoms in total. The van der Waals surface area contributed by atoms with Gasteiger partial charge in [-0.05, 0) is 25.5 Å². The van der Waals surface area contributed by atoms with Crippen LogP contribution in [0.2, 0.25) is 0 Å². The van der Waals surface area contributed by atoms with Crippen LogP contribution in [-0.4, -0.2) is 18.6 Å². The van der Waals surface area contributed by atoms with Crippen molar-refractivity contribution in [2.24, 2.45) is 5.73 Å². The van der Waals surface area contributed by atoms with Crippen molar-refractivity contribution in [2.45, 2.75) is 32.4 Å². The van der Waals surface area contributed by atoms with E-state index in [1.807, 2.05) is 6.07 Å². The Bertz CT molecular complexity index is 244. The molecule has 0 aromatic heterocycles. The highest BCUT2D eigenvalue weighted by Gasteiger charge is 2.12. The summed E-state index contributed by atoms with van der Waals surface area (Å²) in [4.78, 5) is 0. The Hall–Kier alpha value is -0.860. The van der Waals surface area contributed by atoms with Gasteiger partial charge in [-0.15, -0.1) is 0 Å². The molecule has 0 saturated carbocycles. The molecule has 0 aliphatic rings. The molecular formula is C12H20N2. The quantitative estimate of drug-likeness (QED) is 0.743. The minimum Gasteiger partial charge on any atom is -0.327 e. The molecule has 0 aliphatic heterocycles. The highest BCUT2D eigenvalue weighted by molar-refractivity contribution is 5.16. The third-order valence-corrected chi connectivity index (χ3v) is 2.40. The summed E-state index contributed by atoms with van der Waals surface area (Å²) >= 11 is 0. The fourth-order valence-corrected chi connectivity index (χ4v) is 1.57. The Morgan fingerprint density at radius 1 is 1.29 bits per heavy atom. The molecule has 0 spiro atoms.